The highest BCUT2D eigenvalue weighted by molar-refractivity contribution is 5.89. The molecular weight excluding hydrogens is 263 g/mol. The number of alkyl halides is 3. The largest absolute Gasteiger partial charge is 0.478 e. The molecule has 0 saturated heterocycles. The summed E-state index contributed by atoms with van der Waals surface area (Å²) >= 11 is 0. The molecule has 2 aromatic rings. The van der Waals surface area contributed by atoms with E-state index in [1.807, 2.05) is 0 Å². The van der Waals surface area contributed by atoms with Crippen molar-refractivity contribution in [2.45, 2.75) is 25.9 Å². The molecule has 0 amide bonds. The van der Waals surface area contributed by atoms with Crippen LogP contribution in [-0.2, 0) is 6.18 Å². The molecule has 8 heteroatoms. The number of hydrogen-bond donors (Lipinski definition) is 1. The predicted molar refractivity (Wildman–Crippen MR) is 59.0 cm³/mol. The lowest BCUT2D eigenvalue weighted by molar-refractivity contribution is -0.143. The van der Waals surface area contributed by atoms with Crippen LogP contribution in [0.3, 0.4) is 0 Å². The first kappa shape index (κ1) is 13.3. The van der Waals surface area contributed by atoms with Gasteiger partial charge in [0.1, 0.15) is 5.56 Å². The minimum atomic E-state index is -4.82. The Morgan fingerprint density at radius 3 is 2.53 bits per heavy atom. The van der Waals surface area contributed by atoms with Crippen LogP contribution in [-0.4, -0.2) is 25.7 Å². The average molecular weight is 273 g/mol. The Hall–Kier alpha value is -2.12. The second kappa shape index (κ2) is 4.22. The summed E-state index contributed by atoms with van der Waals surface area (Å²) in [5.74, 6) is -1.78. The average Bonchev–Trinajstić information content (AvgIpc) is 2.69. The number of carbonyl (C=O) groups is 1. The van der Waals surface area contributed by atoms with Crippen molar-refractivity contribution in [3.63, 3.8) is 0 Å². The number of carboxylic acids is 1. The molecule has 0 aliphatic heterocycles. The standard InChI is InChI=1S/C11H10F3N3O2/c1-5(2)7-3-8-15-4-6(10(18)19)9(11(12,13)14)17(8)16-7/h3-5H,1-2H3,(H,18,19). The zero-order chi connectivity index (χ0) is 14.4. The molecule has 1 N–H and O–H groups in total. The molecule has 2 heterocycles. The highest BCUT2D eigenvalue weighted by atomic mass is 19.4. The van der Waals surface area contributed by atoms with Gasteiger partial charge in [0.15, 0.2) is 11.3 Å². The first-order valence-electron chi connectivity index (χ1n) is 5.41. The highest BCUT2D eigenvalue weighted by Gasteiger charge is 2.39. The fourth-order valence-corrected chi connectivity index (χ4v) is 1.66. The highest BCUT2D eigenvalue weighted by Crippen LogP contribution is 2.32. The van der Waals surface area contributed by atoms with E-state index in [0.717, 1.165) is 0 Å². The van der Waals surface area contributed by atoms with Crippen LogP contribution in [0, 0.1) is 0 Å². The summed E-state index contributed by atoms with van der Waals surface area (Å²) in [5.41, 5.74) is -1.85. The SMILES string of the molecule is CC(C)c1cc2ncc(C(=O)O)c(C(F)(F)F)n2n1. The van der Waals surface area contributed by atoms with Crippen LogP contribution in [0.1, 0.15) is 41.5 Å². The minimum Gasteiger partial charge on any atom is -0.478 e. The molecule has 0 unspecified atom stereocenters. The van der Waals surface area contributed by atoms with Crippen LogP contribution in [0.2, 0.25) is 0 Å². The molecule has 2 aromatic heterocycles. The van der Waals surface area contributed by atoms with E-state index in [9.17, 15) is 18.0 Å². The van der Waals surface area contributed by atoms with Crippen molar-refractivity contribution in [3.8, 4) is 0 Å². The Kier molecular flexibility index (Phi) is 2.95. The summed E-state index contributed by atoms with van der Waals surface area (Å²) in [6.07, 6.45) is -4.12. The zero-order valence-electron chi connectivity index (χ0n) is 10.1. The molecule has 0 aliphatic carbocycles. The number of halogens is 3. The molecule has 0 fully saturated rings. The van der Waals surface area contributed by atoms with Crippen LogP contribution in [0.5, 0.6) is 0 Å². The van der Waals surface area contributed by atoms with E-state index < -0.39 is 23.4 Å². The number of rotatable bonds is 2. The molecule has 0 bridgehead atoms. The van der Waals surface area contributed by atoms with Crippen LogP contribution in [0.15, 0.2) is 12.3 Å². The second-order valence-corrected chi connectivity index (χ2v) is 4.32. The van der Waals surface area contributed by atoms with E-state index in [1.165, 1.54) is 6.07 Å². The van der Waals surface area contributed by atoms with E-state index in [4.69, 9.17) is 5.11 Å². The number of hydrogen-bond acceptors (Lipinski definition) is 3. The Labute approximate surface area is 105 Å². The monoisotopic (exact) mass is 273 g/mol. The molecule has 0 aliphatic rings. The van der Waals surface area contributed by atoms with Gasteiger partial charge in [-0.25, -0.2) is 14.3 Å². The number of carboxylic acid groups (broad SMARTS) is 1. The van der Waals surface area contributed by atoms with Crippen molar-refractivity contribution in [1.29, 1.82) is 0 Å². The summed E-state index contributed by atoms with van der Waals surface area (Å²) in [5, 5.41) is 12.6. The number of aromatic nitrogens is 3. The molecule has 0 saturated carbocycles. The molecular formula is C11H10F3N3O2. The lowest BCUT2D eigenvalue weighted by Crippen LogP contribution is -2.19. The number of aromatic carboxylic acids is 1. The molecule has 5 nitrogen and oxygen atoms in total. The van der Waals surface area contributed by atoms with Gasteiger partial charge in [0.25, 0.3) is 0 Å². The van der Waals surface area contributed by atoms with E-state index >= 15 is 0 Å². The van der Waals surface area contributed by atoms with Gasteiger partial charge in [0.2, 0.25) is 0 Å². The second-order valence-electron chi connectivity index (χ2n) is 4.32. The van der Waals surface area contributed by atoms with Gasteiger partial charge in [-0.1, -0.05) is 13.8 Å². The van der Waals surface area contributed by atoms with Gasteiger partial charge in [0, 0.05) is 12.3 Å². The predicted octanol–water partition coefficient (Wildman–Crippen LogP) is 2.57. The summed E-state index contributed by atoms with van der Waals surface area (Å²) in [6, 6.07) is 1.41. The third-order valence-corrected chi connectivity index (χ3v) is 2.59. The summed E-state index contributed by atoms with van der Waals surface area (Å²) in [7, 11) is 0. The first-order chi connectivity index (χ1) is 8.71. The maximum absolute atomic E-state index is 13.0. The van der Waals surface area contributed by atoms with Gasteiger partial charge in [0.05, 0.1) is 5.69 Å². The molecule has 0 radical (unpaired) electrons. The lowest BCUT2D eigenvalue weighted by atomic mass is 10.1. The molecule has 0 atom stereocenters. The van der Waals surface area contributed by atoms with Crippen LogP contribution < -0.4 is 0 Å². The third kappa shape index (κ3) is 2.25. The van der Waals surface area contributed by atoms with Gasteiger partial charge in [-0.05, 0) is 5.92 Å². The van der Waals surface area contributed by atoms with Crippen molar-refractivity contribution >= 4 is 11.6 Å². The fourth-order valence-electron chi connectivity index (χ4n) is 1.66. The number of fused-ring (bicyclic) bond motifs is 1. The Morgan fingerprint density at radius 2 is 2.05 bits per heavy atom. The number of nitrogens with zero attached hydrogens (tertiary/aromatic N) is 3. The van der Waals surface area contributed by atoms with Crippen LogP contribution in [0.4, 0.5) is 13.2 Å². The van der Waals surface area contributed by atoms with Crippen molar-refractivity contribution in [2.75, 3.05) is 0 Å². The van der Waals surface area contributed by atoms with Crippen molar-refractivity contribution < 1.29 is 23.1 Å². The lowest BCUT2D eigenvalue weighted by Gasteiger charge is -2.11. The van der Waals surface area contributed by atoms with Crippen molar-refractivity contribution in [3.05, 3.63) is 29.2 Å². The van der Waals surface area contributed by atoms with Gasteiger partial charge in [-0.15, -0.1) is 0 Å². The van der Waals surface area contributed by atoms with Gasteiger partial charge in [-0.3, -0.25) is 0 Å². The zero-order valence-corrected chi connectivity index (χ0v) is 10.1. The van der Waals surface area contributed by atoms with Crippen molar-refractivity contribution in [1.82, 2.24) is 14.6 Å². The Bertz CT molecular complexity index is 646. The van der Waals surface area contributed by atoms with Crippen molar-refractivity contribution in [2.24, 2.45) is 0 Å². The van der Waals surface area contributed by atoms with Crippen LogP contribution in [0.25, 0.3) is 5.65 Å². The third-order valence-electron chi connectivity index (χ3n) is 2.59. The van der Waals surface area contributed by atoms with Crippen LogP contribution >= 0.6 is 0 Å². The maximum Gasteiger partial charge on any atom is 0.434 e. The molecule has 19 heavy (non-hydrogen) atoms. The molecule has 0 aromatic carbocycles. The Balaban J connectivity index is 2.83. The van der Waals surface area contributed by atoms with E-state index in [2.05, 4.69) is 10.1 Å². The summed E-state index contributed by atoms with van der Waals surface area (Å²) < 4.78 is 39.5. The normalized spacial score (nSPS) is 12.3. The maximum atomic E-state index is 13.0. The fraction of sp³-hybridized carbons (Fsp3) is 0.364. The topological polar surface area (TPSA) is 67.5 Å². The van der Waals surface area contributed by atoms with E-state index in [-0.39, 0.29) is 11.6 Å². The van der Waals surface area contributed by atoms with Gasteiger partial charge in [-0.2, -0.15) is 18.3 Å². The molecule has 2 rings (SSSR count). The summed E-state index contributed by atoms with van der Waals surface area (Å²) in [6.45, 7) is 3.54. The Morgan fingerprint density at radius 1 is 1.42 bits per heavy atom. The molecule has 102 valence electrons. The minimum absolute atomic E-state index is 0.0268. The van der Waals surface area contributed by atoms with E-state index in [0.29, 0.717) is 16.4 Å². The first-order valence-corrected chi connectivity index (χ1v) is 5.41. The van der Waals surface area contributed by atoms with Gasteiger partial charge >= 0.3 is 12.1 Å². The van der Waals surface area contributed by atoms with Gasteiger partial charge < -0.3 is 5.11 Å². The summed E-state index contributed by atoms with van der Waals surface area (Å²) in [4.78, 5) is 14.6. The smallest absolute Gasteiger partial charge is 0.434 e. The quantitative estimate of drug-likeness (QED) is 0.913. The van der Waals surface area contributed by atoms with E-state index in [1.54, 1.807) is 13.8 Å². The molecule has 0 spiro atoms.